The van der Waals surface area contributed by atoms with Crippen molar-refractivity contribution < 1.29 is 8.42 Å². The lowest BCUT2D eigenvalue weighted by molar-refractivity contribution is 0.607. The van der Waals surface area contributed by atoms with Crippen molar-refractivity contribution in [1.29, 1.82) is 0 Å². The summed E-state index contributed by atoms with van der Waals surface area (Å²) in [5.74, 6) is 0. The third-order valence-electron chi connectivity index (χ3n) is 2.05. The minimum absolute atomic E-state index is 0.594. The van der Waals surface area contributed by atoms with Crippen LogP contribution in [0.15, 0.2) is 42.5 Å². The maximum atomic E-state index is 11.0. The first-order valence-electron chi connectivity index (χ1n) is 5.51. The van der Waals surface area contributed by atoms with Crippen molar-refractivity contribution >= 4 is 26.5 Å². The highest BCUT2D eigenvalue weighted by molar-refractivity contribution is 7.92. The van der Waals surface area contributed by atoms with Crippen LogP contribution in [0, 0.1) is 0 Å². The fraction of sp³-hybridized carbons (Fsp3) is 0.231. The third kappa shape index (κ3) is 4.07. The molecule has 0 radical (unpaired) electrons. The molecule has 2 aromatic rings. The molecular weight excluding hydrogens is 234 g/mol. The first-order valence-corrected chi connectivity index (χ1v) is 7.40. The van der Waals surface area contributed by atoms with E-state index in [0.29, 0.717) is 5.69 Å². The molecule has 0 heterocycles. The quantitative estimate of drug-likeness (QED) is 0.890. The lowest BCUT2D eigenvalue weighted by Crippen LogP contribution is -2.09. The van der Waals surface area contributed by atoms with E-state index in [2.05, 4.69) is 4.72 Å². The van der Waals surface area contributed by atoms with E-state index in [4.69, 9.17) is 0 Å². The Balaban J connectivity index is 0.000000686. The Morgan fingerprint density at radius 1 is 0.941 bits per heavy atom. The fourth-order valence-electron chi connectivity index (χ4n) is 1.47. The van der Waals surface area contributed by atoms with Gasteiger partial charge in [-0.3, -0.25) is 4.72 Å². The zero-order valence-corrected chi connectivity index (χ0v) is 11.1. The number of benzene rings is 2. The molecule has 0 saturated heterocycles. The van der Waals surface area contributed by atoms with Crippen molar-refractivity contribution in [1.82, 2.24) is 0 Å². The van der Waals surface area contributed by atoms with Crippen LogP contribution in [-0.2, 0) is 10.0 Å². The number of rotatable bonds is 2. The van der Waals surface area contributed by atoms with Crippen molar-refractivity contribution in [3.8, 4) is 0 Å². The van der Waals surface area contributed by atoms with Gasteiger partial charge in [0.2, 0.25) is 10.0 Å². The van der Waals surface area contributed by atoms with Crippen molar-refractivity contribution in [2.24, 2.45) is 0 Å². The molecule has 2 aromatic carbocycles. The summed E-state index contributed by atoms with van der Waals surface area (Å²) in [6.45, 7) is 4.00. The number of nitrogens with one attached hydrogen (secondary N) is 1. The van der Waals surface area contributed by atoms with Gasteiger partial charge in [0.15, 0.2) is 0 Å². The third-order valence-corrected chi connectivity index (χ3v) is 2.66. The van der Waals surface area contributed by atoms with E-state index >= 15 is 0 Å². The summed E-state index contributed by atoms with van der Waals surface area (Å²) in [6.07, 6.45) is 1.14. The molecule has 0 aromatic heterocycles. The molecular formula is C13H17NO2S. The van der Waals surface area contributed by atoms with E-state index in [9.17, 15) is 8.42 Å². The lowest BCUT2D eigenvalue weighted by atomic mass is 10.1. The van der Waals surface area contributed by atoms with Crippen LogP contribution >= 0.6 is 0 Å². The molecule has 0 aliphatic carbocycles. The lowest BCUT2D eigenvalue weighted by Gasteiger charge is -2.04. The van der Waals surface area contributed by atoms with Crippen LogP contribution in [0.2, 0.25) is 0 Å². The molecule has 0 saturated carbocycles. The predicted octanol–water partition coefficient (Wildman–Crippen LogP) is 3.24. The van der Waals surface area contributed by atoms with Crippen molar-refractivity contribution in [3.63, 3.8) is 0 Å². The first-order chi connectivity index (χ1) is 8.04. The first kappa shape index (κ1) is 13.5. The molecule has 0 amide bonds. The van der Waals surface area contributed by atoms with E-state index in [-0.39, 0.29) is 0 Å². The number of sulfonamides is 1. The van der Waals surface area contributed by atoms with Crippen LogP contribution in [0.25, 0.3) is 10.8 Å². The Hall–Kier alpha value is -1.55. The summed E-state index contributed by atoms with van der Waals surface area (Å²) < 4.78 is 24.5. The van der Waals surface area contributed by atoms with E-state index in [1.807, 2.05) is 50.2 Å². The van der Waals surface area contributed by atoms with Crippen molar-refractivity contribution in [2.75, 3.05) is 11.0 Å². The van der Waals surface area contributed by atoms with Gasteiger partial charge in [-0.05, 0) is 22.9 Å². The molecule has 1 N–H and O–H groups in total. The van der Waals surface area contributed by atoms with Crippen LogP contribution in [0.4, 0.5) is 5.69 Å². The van der Waals surface area contributed by atoms with Gasteiger partial charge in [0.1, 0.15) is 0 Å². The Morgan fingerprint density at radius 3 is 2.12 bits per heavy atom. The maximum Gasteiger partial charge on any atom is 0.229 e. The highest BCUT2D eigenvalue weighted by atomic mass is 32.2. The van der Waals surface area contributed by atoms with Crippen molar-refractivity contribution in [2.45, 2.75) is 13.8 Å². The van der Waals surface area contributed by atoms with Crippen LogP contribution in [0.3, 0.4) is 0 Å². The molecule has 4 heteroatoms. The standard InChI is InChI=1S/C11H11NO2S.C2H6/c1-15(13,14)12-11-7-6-9-4-2-3-5-10(9)8-11;1-2/h2-8,12H,1H3;1-2H3. The van der Waals surface area contributed by atoms with Gasteiger partial charge < -0.3 is 0 Å². The zero-order chi connectivity index (χ0) is 12.9. The molecule has 0 unspecified atom stereocenters. The van der Waals surface area contributed by atoms with Crippen molar-refractivity contribution in [3.05, 3.63) is 42.5 Å². The molecule has 92 valence electrons. The molecule has 17 heavy (non-hydrogen) atoms. The van der Waals surface area contributed by atoms with Gasteiger partial charge in [-0.25, -0.2) is 8.42 Å². The number of anilines is 1. The summed E-state index contributed by atoms with van der Waals surface area (Å²) >= 11 is 0. The van der Waals surface area contributed by atoms with Crippen LogP contribution in [0.5, 0.6) is 0 Å². The van der Waals surface area contributed by atoms with E-state index in [1.165, 1.54) is 0 Å². The average Bonchev–Trinajstić information content (AvgIpc) is 2.29. The molecule has 0 aliphatic heterocycles. The monoisotopic (exact) mass is 251 g/mol. The second kappa shape index (κ2) is 5.68. The average molecular weight is 251 g/mol. The second-order valence-corrected chi connectivity index (χ2v) is 5.18. The Bertz CT molecular complexity index is 591. The Kier molecular flexibility index (Phi) is 4.52. The van der Waals surface area contributed by atoms with Crippen LogP contribution in [0.1, 0.15) is 13.8 Å². The van der Waals surface area contributed by atoms with Gasteiger partial charge in [0.05, 0.1) is 6.26 Å². The summed E-state index contributed by atoms with van der Waals surface area (Å²) in [5, 5.41) is 2.11. The minimum atomic E-state index is -3.20. The number of hydrogen-bond donors (Lipinski definition) is 1. The smallest absolute Gasteiger partial charge is 0.229 e. The molecule has 0 spiro atoms. The molecule has 0 atom stereocenters. The molecule has 0 aliphatic rings. The largest absolute Gasteiger partial charge is 0.284 e. The van der Waals surface area contributed by atoms with Gasteiger partial charge in [0, 0.05) is 5.69 Å². The predicted molar refractivity (Wildman–Crippen MR) is 73.8 cm³/mol. The highest BCUT2D eigenvalue weighted by Crippen LogP contribution is 2.19. The van der Waals surface area contributed by atoms with Gasteiger partial charge in [-0.15, -0.1) is 0 Å². The van der Waals surface area contributed by atoms with Gasteiger partial charge >= 0.3 is 0 Å². The van der Waals surface area contributed by atoms with E-state index in [0.717, 1.165) is 17.0 Å². The van der Waals surface area contributed by atoms with E-state index in [1.54, 1.807) is 6.07 Å². The molecule has 3 nitrogen and oxygen atoms in total. The number of fused-ring (bicyclic) bond motifs is 1. The normalized spacial score (nSPS) is 10.5. The molecule has 0 fully saturated rings. The van der Waals surface area contributed by atoms with Crippen LogP contribution in [-0.4, -0.2) is 14.7 Å². The highest BCUT2D eigenvalue weighted by Gasteiger charge is 2.01. The van der Waals surface area contributed by atoms with Gasteiger partial charge in [-0.2, -0.15) is 0 Å². The van der Waals surface area contributed by atoms with Gasteiger partial charge in [-0.1, -0.05) is 44.2 Å². The Morgan fingerprint density at radius 2 is 1.53 bits per heavy atom. The second-order valence-electron chi connectivity index (χ2n) is 3.44. The summed E-state index contributed by atoms with van der Waals surface area (Å²) in [5.41, 5.74) is 0.594. The zero-order valence-electron chi connectivity index (χ0n) is 10.3. The minimum Gasteiger partial charge on any atom is -0.284 e. The fourth-order valence-corrected chi connectivity index (χ4v) is 2.02. The number of hydrogen-bond acceptors (Lipinski definition) is 2. The summed E-state index contributed by atoms with van der Waals surface area (Å²) in [4.78, 5) is 0. The molecule has 2 rings (SSSR count). The van der Waals surface area contributed by atoms with Crippen LogP contribution < -0.4 is 4.72 Å². The summed E-state index contributed by atoms with van der Waals surface area (Å²) in [6, 6.07) is 13.3. The summed E-state index contributed by atoms with van der Waals surface area (Å²) in [7, 11) is -3.20. The molecule has 0 bridgehead atoms. The van der Waals surface area contributed by atoms with E-state index < -0.39 is 10.0 Å². The topological polar surface area (TPSA) is 46.2 Å². The SMILES string of the molecule is CC.CS(=O)(=O)Nc1ccc2ccccc2c1. The maximum absolute atomic E-state index is 11.0. The Labute approximate surface area is 103 Å². The van der Waals surface area contributed by atoms with Gasteiger partial charge in [0.25, 0.3) is 0 Å².